The number of nitro groups is 1. The van der Waals surface area contributed by atoms with Crippen LogP contribution in [0.1, 0.15) is 26.3 Å². The number of ether oxygens (including phenoxy) is 2. The molecule has 31 heavy (non-hydrogen) atoms. The Morgan fingerprint density at radius 2 is 1.81 bits per heavy atom. The van der Waals surface area contributed by atoms with E-state index in [0.717, 1.165) is 5.56 Å². The molecule has 2 aromatic rings. The average molecular weight is 429 g/mol. The Morgan fingerprint density at radius 1 is 1.13 bits per heavy atom. The van der Waals surface area contributed by atoms with Crippen molar-refractivity contribution in [3.63, 3.8) is 0 Å². The third-order valence-electron chi connectivity index (χ3n) is 4.50. The van der Waals surface area contributed by atoms with Gasteiger partial charge in [0.2, 0.25) is 11.7 Å². The second-order valence-electron chi connectivity index (χ2n) is 7.23. The van der Waals surface area contributed by atoms with Crippen molar-refractivity contribution in [1.82, 2.24) is 10.2 Å². The molecule has 166 valence electrons. The molecule has 1 N–H and O–H groups in total. The van der Waals surface area contributed by atoms with Crippen molar-refractivity contribution >= 4 is 17.5 Å². The molecule has 9 nitrogen and oxygen atoms in total. The molecular weight excluding hydrogens is 402 g/mol. The van der Waals surface area contributed by atoms with Gasteiger partial charge < -0.3 is 19.7 Å². The summed E-state index contributed by atoms with van der Waals surface area (Å²) in [7, 11) is 1.31. The van der Waals surface area contributed by atoms with Crippen LogP contribution in [0.2, 0.25) is 0 Å². The summed E-state index contributed by atoms with van der Waals surface area (Å²) in [6.07, 6.45) is 0. The van der Waals surface area contributed by atoms with Crippen LogP contribution in [0.15, 0.2) is 48.5 Å². The highest BCUT2D eigenvalue weighted by Crippen LogP contribution is 2.30. The van der Waals surface area contributed by atoms with E-state index in [1.807, 2.05) is 44.2 Å². The minimum absolute atomic E-state index is 0.0285. The standard InChI is InChI=1S/C22H27N3O6/c1-15(2)23-22(27)16(3)24(13-17-8-6-5-7-9-17)21(26)14-31-18-10-11-19(25(28)29)20(12-18)30-4/h5-12,15-16H,13-14H2,1-4H3,(H,23,27). The second kappa shape index (κ2) is 11.0. The van der Waals surface area contributed by atoms with Gasteiger partial charge in [-0.2, -0.15) is 0 Å². The minimum Gasteiger partial charge on any atom is -0.490 e. The molecule has 2 rings (SSSR count). The van der Waals surface area contributed by atoms with E-state index in [1.165, 1.54) is 30.2 Å². The van der Waals surface area contributed by atoms with Crippen LogP contribution in [0, 0.1) is 10.1 Å². The number of carbonyl (C=O) groups is 2. The average Bonchev–Trinajstić information content (AvgIpc) is 2.75. The summed E-state index contributed by atoms with van der Waals surface area (Å²) in [5.41, 5.74) is 0.669. The molecule has 1 atom stereocenters. The zero-order valence-corrected chi connectivity index (χ0v) is 18.0. The minimum atomic E-state index is -0.717. The Bertz CT molecular complexity index is 917. The zero-order chi connectivity index (χ0) is 23.0. The topological polar surface area (TPSA) is 111 Å². The van der Waals surface area contributed by atoms with Crippen LogP contribution in [0.3, 0.4) is 0 Å². The van der Waals surface area contributed by atoms with Crippen molar-refractivity contribution < 1.29 is 24.0 Å². The molecule has 0 aliphatic rings. The Hall–Kier alpha value is -3.62. The zero-order valence-electron chi connectivity index (χ0n) is 18.0. The van der Waals surface area contributed by atoms with Crippen molar-refractivity contribution in [2.24, 2.45) is 0 Å². The molecule has 0 saturated carbocycles. The highest BCUT2D eigenvalue weighted by atomic mass is 16.6. The maximum absolute atomic E-state index is 13.0. The van der Waals surface area contributed by atoms with Gasteiger partial charge in [0.05, 0.1) is 12.0 Å². The summed E-state index contributed by atoms with van der Waals surface area (Å²) in [4.78, 5) is 37.4. The first-order valence-electron chi connectivity index (χ1n) is 9.82. The molecule has 2 aromatic carbocycles. The number of nitrogens with one attached hydrogen (secondary N) is 1. The van der Waals surface area contributed by atoms with Gasteiger partial charge in [-0.3, -0.25) is 19.7 Å². The molecule has 0 spiro atoms. The van der Waals surface area contributed by atoms with Crippen LogP contribution in [0.25, 0.3) is 0 Å². The van der Waals surface area contributed by atoms with Gasteiger partial charge in [0.15, 0.2) is 6.61 Å². The quantitative estimate of drug-likeness (QED) is 0.459. The number of carbonyl (C=O) groups excluding carboxylic acids is 2. The van der Waals surface area contributed by atoms with Gasteiger partial charge >= 0.3 is 5.69 Å². The van der Waals surface area contributed by atoms with Crippen LogP contribution in [0.4, 0.5) is 5.69 Å². The van der Waals surface area contributed by atoms with Gasteiger partial charge in [-0.1, -0.05) is 30.3 Å². The summed E-state index contributed by atoms with van der Waals surface area (Å²) >= 11 is 0. The number of methoxy groups -OCH3 is 1. The number of rotatable bonds is 10. The molecule has 0 aliphatic carbocycles. The molecule has 0 saturated heterocycles. The van der Waals surface area contributed by atoms with E-state index in [0.29, 0.717) is 0 Å². The Morgan fingerprint density at radius 3 is 2.39 bits per heavy atom. The number of amides is 2. The Balaban J connectivity index is 2.16. The second-order valence-corrected chi connectivity index (χ2v) is 7.23. The Kier molecular flexibility index (Phi) is 8.36. The molecule has 1 unspecified atom stereocenters. The third-order valence-corrected chi connectivity index (χ3v) is 4.50. The molecule has 0 fully saturated rings. The van der Waals surface area contributed by atoms with Crippen molar-refractivity contribution in [3.8, 4) is 11.5 Å². The van der Waals surface area contributed by atoms with E-state index in [-0.39, 0.29) is 42.3 Å². The van der Waals surface area contributed by atoms with E-state index in [4.69, 9.17) is 9.47 Å². The van der Waals surface area contributed by atoms with Crippen LogP contribution >= 0.6 is 0 Å². The molecule has 0 heterocycles. The lowest BCUT2D eigenvalue weighted by Gasteiger charge is -2.29. The fourth-order valence-electron chi connectivity index (χ4n) is 2.89. The molecule has 0 bridgehead atoms. The molecule has 2 amide bonds. The monoisotopic (exact) mass is 429 g/mol. The van der Waals surface area contributed by atoms with Crippen molar-refractivity contribution in [2.75, 3.05) is 13.7 Å². The van der Waals surface area contributed by atoms with Gasteiger partial charge in [0.1, 0.15) is 11.8 Å². The number of benzene rings is 2. The van der Waals surface area contributed by atoms with Crippen molar-refractivity contribution in [1.29, 1.82) is 0 Å². The lowest BCUT2D eigenvalue weighted by Crippen LogP contribution is -2.50. The lowest BCUT2D eigenvalue weighted by molar-refractivity contribution is -0.385. The molecule has 0 radical (unpaired) electrons. The van der Waals surface area contributed by atoms with E-state index in [2.05, 4.69) is 5.32 Å². The van der Waals surface area contributed by atoms with Gasteiger partial charge in [-0.25, -0.2) is 0 Å². The van der Waals surface area contributed by atoms with Crippen LogP contribution in [0.5, 0.6) is 11.5 Å². The van der Waals surface area contributed by atoms with Crippen molar-refractivity contribution in [2.45, 2.75) is 39.4 Å². The first-order valence-corrected chi connectivity index (χ1v) is 9.82. The van der Waals surface area contributed by atoms with Crippen LogP contribution in [-0.2, 0) is 16.1 Å². The number of hydrogen-bond donors (Lipinski definition) is 1. The predicted molar refractivity (Wildman–Crippen MR) is 115 cm³/mol. The van der Waals surface area contributed by atoms with Gasteiger partial charge in [-0.15, -0.1) is 0 Å². The summed E-state index contributed by atoms with van der Waals surface area (Å²) in [6, 6.07) is 12.5. The molecular formula is C22H27N3O6. The van der Waals surface area contributed by atoms with E-state index in [9.17, 15) is 19.7 Å². The number of nitro benzene ring substituents is 1. The first-order chi connectivity index (χ1) is 14.7. The Labute approximate surface area is 181 Å². The SMILES string of the molecule is COc1cc(OCC(=O)N(Cc2ccccc2)C(C)C(=O)NC(C)C)ccc1[N+](=O)[O-]. The van der Waals surface area contributed by atoms with Crippen LogP contribution < -0.4 is 14.8 Å². The maximum atomic E-state index is 13.0. The lowest BCUT2D eigenvalue weighted by atomic mass is 10.1. The van der Waals surface area contributed by atoms with E-state index < -0.39 is 16.9 Å². The smallest absolute Gasteiger partial charge is 0.311 e. The highest BCUT2D eigenvalue weighted by Gasteiger charge is 2.27. The fourth-order valence-corrected chi connectivity index (χ4v) is 2.89. The van der Waals surface area contributed by atoms with Crippen molar-refractivity contribution in [3.05, 3.63) is 64.2 Å². The largest absolute Gasteiger partial charge is 0.490 e. The summed E-state index contributed by atoms with van der Waals surface area (Å²) in [6.45, 7) is 5.25. The van der Waals surface area contributed by atoms with E-state index in [1.54, 1.807) is 6.92 Å². The normalized spacial score (nSPS) is 11.5. The van der Waals surface area contributed by atoms with Gasteiger partial charge in [0, 0.05) is 24.7 Å². The molecule has 0 aromatic heterocycles. The predicted octanol–water partition coefficient (Wildman–Crippen LogP) is 2.92. The van der Waals surface area contributed by atoms with Crippen LogP contribution in [-0.4, -0.2) is 47.4 Å². The summed E-state index contributed by atoms with van der Waals surface area (Å²) in [5.74, 6) is -0.389. The van der Waals surface area contributed by atoms with Gasteiger partial charge in [0.25, 0.3) is 5.91 Å². The number of nitrogens with zero attached hydrogens (tertiary/aromatic N) is 2. The van der Waals surface area contributed by atoms with E-state index >= 15 is 0 Å². The number of hydrogen-bond acceptors (Lipinski definition) is 6. The fraction of sp³-hybridized carbons (Fsp3) is 0.364. The maximum Gasteiger partial charge on any atom is 0.311 e. The highest BCUT2D eigenvalue weighted by molar-refractivity contribution is 5.88. The van der Waals surface area contributed by atoms with Gasteiger partial charge in [-0.05, 0) is 32.4 Å². The molecule has 0 aliphatic heterocycles. The third kappa shape index (κ3) is 6.70. The molecule has 9 heteroatoms. The summed E-state index contributed by atoms with van der Waals surface area (Å²) < 4.78 is 10.6. The first kappa shape index (κ1) is 23.7. The summed E-state index contributed by atoms with van der Waals surface area (Å²) in [5, 5.41) is 13.8.